The summed E-state index contributed by atoms with van der Waals surface area (Å²) in [5.74, 6) is 0. The number of nitrogens with one attached hydrogen (secondary N) is 1. The highest BCUT2D eigenvalue weighted by atomic mass is 16.5. The number of rotatable bonds is 6. The van der Waals surface area contributed by atoms with E-state index < -0.39 is 0 Å². The third kappa shape index (κ3) is 3.24. The van der Waals surface area contributed by atoms with Crippen LogP contribution in [0, 0.1) is 0 Å². The average Bonchev–Trinajstić information content (AvgIpc) is 2.49. The fraction of sp³-hybridized carbons (Fsp3) is 0.176. The Labute approximate surface area is 114 Å². The van der Waals surface area contributed by atoms with Crippen molar-refractivity contribution in [2.45, 2.75) is 12.1 Å². The summed E-state index contributed by atoms with van der Waals surface area (Å²) in [6.07, 6.45) is 1.41. The van der Waals surface area contributed by atoms with Crippen molar-refractivity contribution in [1.29, 1.82) is 0 Å². The van der Waals surface area contributed by atoms with Crippen molar-refractivity contribution >= 4 is 0 Å². The summed E-state index contributed by atoms with van der Waals surface area (Å²) < 4.78 is 5.74. The number of hydrogen-bond acceptors (Lipinski definition) is 2. The molecule has 0 unspecified atom stereocenters. The molecule has 0 aliphatic heterocycles. The second-order valence-corrected chi connectivity index (χ2v) is 4.31. The molecule has 0 saturated carbocycles. The van der Waals surface area contributed by atoms with Gasteiger partial charge in [0.2, 0.25) is 0 Å². The van der Waals surface area contributed by atoms with Crippen LogP contribution in [0.5, 0.6) is 0 Å². The van der Waals surface area contributed by atoms with Gasteiger partial charge in [-0.3, -0.25) is 0 Å². The molecule has 19 heavy (non-hydrogen) atoms. The highest BCUT2D eigenvalue weighted by Crippen LogP contribution is 2.31. The molecule has 0 amide bonds. The Balaban J connectivity index is 2.34. The fourth-order valence-electron chi connectivity index (χ4n) is 2.25. The summed E-state index contributed by atoms with van der Waals surface area (Å²) in [5, 5.41) is 3.33. The molecule has 98 valence electrons. The van der Waals surface area contributed by atoms with E-state index in [4.69, 9.17) is 4.74 Å². The van der Waals surface area contributed by atoms with Crippen LogP contribution in [0.1, 0.15) is 23.3 Å². The summed E-state index contributed by atoms with van der Waals surface area (Å²) in [6.45, 7) is 3.69. The van der Waals surface area contributed by atoms with E-state index in [0.717, 1.165) is 5.56 Å². The maximum absolute atomic E-state index is 5.74. The molecule has 0 aliphatic carbocycles. The summed E-state index contributed by atoms with van der Waals surface area (Å²) in [6, 6.07) is 20.6. The molecule has 0 heterocycles. The van der Waals surface area contributed by atoms with Gasteiger partial charge in [-0.15, -0.1) is 0 Å². The van der Waals surface area contributed by atoms with Gasteiger partial charge in [0.25, 0.3) is 0 Å². The first-order valence-electron chi connectivity index (χ1n) is 6.40. The number of benzene rings is 2. The van der Waals surface area contributed by atoms with Crippen LogP contribution in [0.15, 0.2) is 73.5 Å². The Hall–Kier alpha value is -2.06. The summed E-state index contributed by atoms with van der Waals surface area (Å²) in [4.78, 5) is 0. The van der Waals surface area contributed by atoms with E-state index in [9.17, 15) is 0 Å². The molecular weight excluding hydrogens is 234 g/mol. The van der Waals surface area contributed by atoms with Crippen LogP contribution >= 0.6 is 0 Å². The molecule has 0 radical (unpaired) electrons. The number of ether oxygens (including phenoxy) is 1. The van der Waals surface area contributed by atoms with Crippen molar-refractivity contribution in [3.05, 3.63) is 84.6 Å². The molecule has 0 spiro atoms. The smallest absolute Gasteiger partial charge is 0.142 e. The van der Waals surface area contributed by atoms with Crippen molar-refractivity contribution < 1.29 is 4.74 Å². The van der Waals surface area contributed by atoms with Gasteiger partial charge in [0, 0.05) is 0 Å². The van der Waals surface area contributed by atoms with Gasteiger partial charge in [0.05, 0.1) is 12.3 Å². The van der Waals surface area contributed by atoms with Gasteiger partial charge < -0.3 is 10.1 Å². The average molecular weight is 253 g/mol. The third-order valence-electron chi connectivity index (χ3n) is 3.14. The Bertz CT molecular complexity index is 495. The number of likely N-dealkylation sites (N-methyl/N-ethyl adjacent to an activating group) is 1. The quantitative estimate of drug-likeness (QED) is 0.790. The molecule has 2 nitrogen and oxygen atoms in total. The second kappa shape index (κ2) is 6.76. The molecule has 2 heteroatoms. The van der Waals surface area contributed by atoms with E-state index in [1.807, 2.05) is 43.4 Å². The lowest BCUT2D eigenvalue weighted by Crippen LogP contribution is -2.24. The number of hydrogen-bond donors (Lipinski definition) is 1. The van der Waals surface area contributed by atoms with Crippen molar-refractivity contribution in [2.75, 3.05) is 7.05 Å². The van der Waals surface area contributed by atoms with E-state index in [1.165, 1.54) is 11.8 Å². The first kappa shape index (κ1) is 13.4. The van der Waals surface area contributed by atoms with Crippen molar-refractivity contribution in [1.82, 2.24) is 5.32 Å². The molecule has 0 bridgehead atoms. The van der Waals surface area contributed by atoms with Crippen LogP contribution in [0.4, 0.5) is 0 Å². The van der Waals surface area contributed by atoms with E-state index >= 15 is 0 Å². The monoisotopic (exact) mass is 253 g/mol. The minimum atomic E-state index is -0.0916. The molecule has 2 aromatic carbocycles. The first-order valence-corrected chi connectivity index (χ1v) is 6.40. The molecule has 0 saturated heterocycles. The van der Waals surface area contributed by atoms with E-state index in [0.29, 0.717) is 0 Å². The normalized spacial score (nSPS) is 13.5. The van der Waals surface area contributed by atoms with E-state index in [-0.39, 0.29) is 12.1 Å². The van der Waals surface area contributed by atoms with E-state index in [1.54, 1.807) is 0 Å². The first-order chi connectivity index (χ1) is 9.36. The molecule has 1 N–H and O–H groups in total. The lowest BCUT2D eigenvalue weighted by Gasteiger charge is -2.27. The second-order valence-electron chi connectivity index (χ2n) is 4.31. The van der Waals surface area contributed by atoms with Crippen LogP contribution in [-0.2, 0) is 4.74 Å². The van der Waals surface area contributed by atoms with Gasteiger partial charge in [-0.05, 0) is 18.2 Å². The topological polar surface area (TPSA) is 21.3 Å². The van der Waals surface area contributed by atoms with Crippen LogP contribution < -0.4 is 5.32 Å². The van der Waals surface area contributed by atoms with Crippen LogP contribution in [0.25, 0.3) is 0 Å². The zero-order chi connectivity index (χ0) is 13.5. The van der Waals surface area contributed by atoms with Crippen molar-refractivity contribution in [3.63, 3.8) is 0 Å². The van der Waals surface area contributed by atoms with Crippen LogP contribution in [0.2, 0.25) is 0 Å². The summed E-state index contributed by atoms with van der Waals surface area (Å²) in [7, 11) is 1.94. The maximum Gasteiger partial charge on any atom is 0.142 e. The maximum atomic E-state index is 5.74. The molecular formula is C17H19NO. The molecule has 0 aliphatic rings. The van der Waals surface area contributed by atoms with Crippen LogP contribution in [0.3, 0.4) is 0 Å². The third-order valence-corrected chi connectivity index (χ3v) is 3.14. The highest BCUT2D eigenvalue weighted by molar-refractivity contribution is 5.26. The van der Waals surface area contributed by atoms with Gasteiger partial charge in [0.1, 0.15) is 6.10 Å². The van der Waals surface area contributed by atoms with Crippen molar-refractivity contribution in [2.24, 2.45) is 0 Å². The lowest BCUT2D eigenvalue weighted by atomic mass is 9.96. The SMILES string of the molecule is C=CO[C@@H](c1ccccc1)[C@@H](NC)c1ccccc1. The van der Waals surface area contributed by atoms with Gasteiger partial charge >= 0.3 is 0 Å². The fourth-order valence-corrected chi connectivity index (χ4v) is 2.25. The van der Waals surface area contributed by atoms with Crippen LogP contribution in [-0.4, -0.2) is 7.05 Å². The largest absolute Gasteiger partial charge is 0.492 e. The van der Waals surface area contributed by atoms with Gasteiger partial charge in [-0.25, -0.2) is 0 Å². The Morgan fingerprint density at radius 2 is 1.47 bits per heavy atom. The minimum Gasteiger partial charge on any atom is -0.492 e. The Morgan fingerprint density at radius 3 is 1.95 bits per heavy atom. The van der Waals surface area contributed by atoms with Gasteiger partial charge in [-0.1, -0.05) is 67.2 Å². The Kier molecular flexibility index (Phi) is 4.76. The molecule has 2 rings (SSSR count). The zero-order valence-corrected chi connectivity index (χ0v) is 11.1. The van der Waals surface area contributed by atoms with Gasteiger partial charge in [-0.2, -0.15) is 0 Å². The highest BCUT2D eigenvalue weighted by Gasteiger charge is 2.23. The van der Waals surface area contributed by atoms with Crippen molar-refractivity contribution in [3.8, 4) is 0 Å². The molecule has 0 aromatic heterocycles. The van der Waals surface area contributed by atoms with E-state index in [2.05, 4.69) is 36.2 Å². The minimum absolute atomic E-state index is 0.0848. The molecule has 0 fully saturated rings. The molecule has 2 atom stereocenters. The predicted molar refractivity (Wildman–Crippen MR) is 78.7 cm³/mol. The lowest BCUT2D eigenvalue weighted by molar-refractivity contribution is 0.108. The summed E-state index contributed by atoms with van der Waals surface area (Å²) >= 11 is 0. The zero-order valence-electron chi connectivity index (χ0n) is 11.1. The van der Waals surface area contributed by atoms with Gasteiger partial charge in [0.15, 0.2) is 0 Å². The Morgan fingerprint density at radius 1 is 0.947 bits per heavy atom. The summed E-state index contributed by atoms with van der Waals surface area (Å²) in [5.41, 5.74) is 2.33. The molecule has 2 aromatic rings. The predicted octanol–water partition coefficient (Wildman–Crippen LogP) is 3.85. The standard InChI is InChI=1S/C17H19NO/c1-3-19-17(15-12-8-5-9-13-15)16(18-2)14-10-6-4-7-11-14/h3-13,16-18H,1H2,2H3/t16-,17-/m0/s1.